The van der Waals surface area contributed by atoms with Crippen molar-refractivity contribution in [2.75, 3.05) is 32.8 Å². The van der Waals surface area contributed by atoms with Gasteiger partial charge in [0.05, 0.1) is 19.3 Å². The summed E-state index contributed by atoms with van der Waals surface area (Å²) in [6, 6.07) is 0. The first-order chi connectivity index (χ1) is 7.22. The maximum atomic E-state index is 8.65. The maximum Gasteiger partial charge on any atom is 0.0701 e. The first kappa shape index (κ1) is 12.7. The summed E-state index contributed by atoms with van der Waals surface area (Å²) in [6.07, 6.45) is 4.82. The van der Waals surface area contributed by atoms with Crippen LogP contribution in [0.1, 0.15) is 26.7 Å². The lowest BCUT2D eigenvalue weighted by Gasteiger charge is -2.31. The SMILES string of the molecule is CC(C)=CCN1CCC(OCCO)CC1. The molecule has 0 aliphatic carbocycles. The molecule has 0 aromatic heterocycles. The fourth-order valence-corrected chi connectivity index (χ4v) is 1.79. The second-order valence-electron chi connectivity index (χ2n) is 4.38. The Bertz CT molecular complexity index is 192. The minimum Gasteiger partial charge on any atom is -0.394 e. The Morgan fingerprint density at radius 3 is 2.60 bits per heavy atom. The number of hydrogen-bond donors (Lipinski definition) is 1. The third kappa shape index (κ3) is 5.30. The van der Waals surface area contributed by atoms with Crippen LogP contribution in [0.3, 0.4) is 0 Å². The summed E-state index contributed by atoms with van der Waals surface area (Å²) in [6.45, 7) is 8.18. The molecular formula is C12H23NO2. The first-order valence-electron chi connectivity index (χ1n) is 5.80. The highest BCUT2D eigenvalue weighted by atomic mass is 16.5. The molecule has 1 N–H and O–H groups in total. The van der Waals surface area contributed by atoms with Crippen molar-refractivity contribution < 1.29 is 9.84 Å². The van der Waals surface area contributed by atoms with Crippen LogP contribution in [-0.4, -0.2) is 49.0 Å². The molecule has 1 saturated heterocycles. The summed E-state index contributed by atoms with van der Waals surface area (Å²) in [5, 5.41) is 8.65. The van der Waals surface area contributed by atoms with Crippen LogP contribution in [0.15, 0.2) is 11.6 Å². The predicted octanol–water partition coefficient (Wildman–Crippen LogP) is 1.43. The van der Waals surface area contributed by atoms with Crippen molar-refractivity contribution in [2.24, 2.45) is 0 Å². The lowest BCUT2D eigenvalue weighted by Crippen LogP contribution is -2.37. The Morgan fingerprint density at radius 2 is 2.07 bits per heavy atom. The van der Waals surface area contributed by atoms with Gasteiger partial charge in [0.15, 0.2) is 0 Å². The number of likely N-dealkylation sites (tertiary alicyclic amines) is 1. The molecule has 1 fully saturated rings. The van der Waals surface area contributed by atoms with Crippen molar-refractivity contribution in [2.45, 2.75) is 32.8 Å². The van der Waals surface area contributed by atoms with E-state index in [9.17, 15) is 0 Å². The van der Waals surface area contributed by atoms with Crippen LogP contribution >= 0.6 is 0 Å². The van der Waals surface area contributed by atoms with E-state index in [0.717, 1.165) is 32.5 Å². The third-order valence-electron chi connectivity index (χ3n) is 2.74. The van der Waals surface area contributed by atoms with Crippen molar-refractivity contribution in [1.29, 1.82) is 0 Å². The number of aliphatic hydroxyl groups is 1. The highest BCUT2D eigenvalue weighted by Gasteiger charge is 2.18. The van der Waals surface area contributed by atoms with Crippen molar-refractivity contribution in [1.82, 2.24) is 4.90 Å². The molecule has 0 aromatic rings. The normalized spacial score (nSPS) is 19.1. The van der Waals surface area contributed by atoms with Crippen LogP contribution in [0, 0.1) is 0 Å². The van der Waals surface area contributed by atoms with E-state index in [1.54, 1.807) is 0 Å². The molecule has 1 heterocycles. The fourth-order valence-electron chi connectivity index (χ4n) is 1.79. The number of hydrogen-bond acceptors (Lipinski definition) is 3. The number of rotatable bonds is 5. The van der Waals surface area contributed by atoms with Gasteiger partial charge in [-0.2, -0.15) is 0 Å². The van der Waals surface area contributed by atoms with E-state index in [4.69, 9.17) is 9.84 Å². The largest absolute Gasteiger partial charge is 0.394 e. The van der Waals surface area contributed by atoms with E-state index in [2.05, 4.69) is 24.8 Å². The Labute approximate surface area is 92.7 Å². The highest BCUT2D eigenvalue weighted by molar-refractivity contribution is 4.95. The summed E-state index contributed by atoms with van der Waals surface area (Å²) >= 11 is 0. The molecule has 0 aromatic carbocycles. The van der Waals surface area contributed by atoms with Crippen LogP contribution in [-0.2, 0) is 4.74 Å². The van der Waals surface area contributed by atoms with E-state index < -0.39 is 0 Å². The van der Waals surface area contributed by atoms with Gasteiger partial charge in [0, 0.05) is 19.6 Å². The lowest BCUT2D eigenvalue weighted by atomic mass is 10.1. The van der Waals surface area contributed by atoms with Crippen LogP contribution in [0.5, 0.6) is 0 Å². The topological polar surface area (TPSA) is 32.7 Å². The van der Waals surface area contributed by atoms with Crippen molar-refractivity contribution in [3.63, 3.8) is 0 Å². The molecule has 0 unspecified atom stereocenters. The van der Waals surface area contributed by atoms with Gasteiger partial charge in [-0.05, 0) is 26.7 Å². The molecule has 3 heteroatoms. The lowest BCUT2D eigenvalue weighted by molar-refractivity contribution is -0.00592. The van der Waals surface area contributed by atoms with Crippen molar-refractivity contribution in [3.05, 3.63) is 11.6 Å². The van der Waals surface area contributed by atoms with Crippen LogP contribution in [0.25, 0.3) is 0 Å². The van der Waals surface area contributed by atoms with Crippen molar-refractivity contribution in [3.8, 4) is 0 Å². The van der Waals surface area contributed by atoms with Gasteiger partial charge < -0.3 is 9.84 Å². The van der Waals surface area contributed by atoms with Gasteiger partial charge in [-0.15, -0.1) is 0 Å². The molecule has 88 valence electrons. The predicted molar refractivity (Wildman–Crippen MR) is 61.9 cm³/mol. The van der Waals surface area contributed by atoms with E-state index in [-0.39, 0.29) is 6.61 Å². The molecule has 1 aliphatic heterocycles. The standard InChI is InChI=1S/C12H23NO2/c1-11(2)3-6-13-7-4-12(5-8-13)15-10-9-14/h3,12,14H,4-10H2,1-2H3. The first-order valence-corrected chi connectivity index (χ1v) is 5.80. The van der Waals surface area contributed by atoms with Crippen LogP contribution in [0.4, 0.5) is 0 Å². The summed E-state index contributed by atoms with van der Waals surface area (Å²) in [4.78, 5) is 2.45. The summed E-state index contributed by atoms with van der Waals surface area (Å²) in [5.41, 5.74) is 1.38. The number of nitrogens with zero attached hydrogens (tertiary/aromatic N) is 1. The average Bonchev–Trinajstić information content (AvgIpc) is 2.25. The van der Waals surface area contributed by atoms with E-state index >= 15 is 0 Å². The van der Waals surface area contributed by atoms with Crippen LogP contribution in [0.2, 0.25) is 0 Å². The Kier molecular flexibility index (Phi) is 5.91. The third-order valence-corrected chi connectivity index (χ3v) is 2.74. The summed E-state index contributed by atoms with van der Waals surface area (Å²) in [7, 11) is 0. The van der Waals surface area contributed by atoms with Gasteiger partial charge in [0.1, 0.15) is 0 Å². The molecule has 1 aliphatic rings. The molecule has 0 saturated carbocycles. The molecule has 3 nitrogen and oxygen atoms in total. The molecule has 0 atom stereocenters. The van der Waals surface area contributed by atoms with Gasteiger partial charge in [-0.3, -0.25) is 4.90 Å². The molecule has 1 rings (SSSR count). The molecular weight excluding hydrogens is 190 g/mol. The Hall–Kier alpha value is -0.380. The molecule has 0 radical (unpaired) electrons. The van der Waals surface area contributed by atoms with Gasteiger partial charge >= 0.3 is 0 Å². The highest BCUT2D eigenvalue weighted by Crippen LogP contribution is 2.13. The minimum atomic E-state index is 0.137. The molecule has 0 spiro atoms. The summed E-state index contributed by atoms with van der Waals surface area (Å²) in [5.74, 6) is 0. The number of ether oxygens (including phenoxy) is 1. The van der Waals surface area contributed by atoms with E-state index in [1.165, 1.54) is 5.57 Å². The molecule has 15 heavy (non-hydrogen) atoms. The zero-order chi connectivity index (χ0) is 11.1. The molecule has 0 bridgehead atoms. The van der Waals surface area contributed by atoms with Gasteiger partial charge in [-0.1, -0.05) is 11.6 Å². The van der Waals surface area contributed by atoms with Gasteiger partial charge in [0.25, 0.3) is 0 Å². The quantitative estimate of drug-likeness (QED) is 0.701. The smallest absolute Gasteiger partial charge is 0.0701 e. The average molecular weight is 213 g/mol. The zero-order valence-electron chi connectivity index (χ0n) is 9.91. The monoisotopic (exact) mass is 213 g/mol. The van der Waals surface area contributed by atoms with Gasteiger partial charge in [0.2, 0.25) is 0 Å². The second kappa shape index (κ2) is 6.99. The van der Waals surface area contributed by atoms with Gasteiger partial charge in [-0.25, -0.2) is 0 Å². The fraction of sp³-hybridized carbons (Fsp3) is 0.833. The number of aliphatic hydroxyl groups excluding tert-OH is 1. The number of piperidine rings is 1. The number of allylic oxidation sites excluding steroid dienone is 1. The Morgan fingerprint density at radius 1 is 1.40 bits per heavy atom. The maximum absolute atomic E-state index is 8.65. The molecule has 0 amide bonds. The zero-order valence-corrected chi connectivity index (χ0v) is 9.91. The van der Waals surface area contributed by atoms with E-state index in [1.807, 2.05) is 0 Å². The van der Waals surface area contributed by atoms with Crippen molar-refractivity contribution >= 4 is 0 Å². The minimum absolute atomic E-state index is 0.137. The second-order valence-corrected chi connectivity index (χ2v) is 4.38. The summed E-state index contributed by atoms with van der Waals surface area (Å²) < 4.78 is 5.51. The Balaban J connectivity index is 2.15. The van der Waals surface area contributed by atoms with E-state index in [0.29, 0.717) is 12.7 Å². The van der Waals surface area contributed by atoms with Crippen LogP contribution < -0.4 is 0 Å².